The molecule has 0 spiro atoms. The quantitative estimate of drug-likeness (QED) is 0.838. The van der Waals surface area contributed by atoms with Crippen LogP contribution in [0.5, 0.6) is 0 Å². The summed E-state index contributed by atoms with van der Waals surface area (Å²) in [6.45, 7) is 1.51. The van der Waals surface area contributed by atoms with E-state index < -0.39 is 23.0 Å². The van der Waals surface area contributed by atoms with Gasteiger partial charge in [-0.1, -0.05) is 12.1 Å². The Hall–Kier alpha value is -1.05. The molecule has 1 aliphatic rings. The summed E-state index contributed by atoms with van der Waals surface area (Å²) in [4.78, 5) is 0.0979. The molecule has 2 rings (SSSR count). The molecular weight excluding hydrogens is 298 g/mol. The Morgan fingerprint density at radius 3 is 2.62 bits per heavy atom. The highest BCUT2D eigenvalue weighted by atomic mass is 32.2. The maximum absolute atomic E-state index is 12.4. The molecule has 1 aliphatic carbocycles. The highest BCUT2D eigenvalue weighted by molar-refractivity contribution is 7.89. The van der Waals surface area contributed by atoms with E-state index in [2.05, 4.69) is 5.32 Å². The number of rotatable bonds is 7. The third-order valence-corrected chi connectivity index (χ3v) is 5.61. The Balaban J connectivity index is 2.23. The number of benzene rings is 1. The van der Waals surface area contributed by atoms with Gasteiger partial charge in [0.25, 0.3) is 6.43 Å². The minimum Gasteiger partial charge on any atom is -0.310 e. The molecule has 0 heterocycles. The van der Waals surface area contributed by atoms with E-state index in [1.54, 1.807) is 13.0 Å². The van der Waals surface area contributed by atoms with Gasteiger partial charge in [0.15, 0.2) is 0 Å². The molecule has 0 aromatic heterocycles. The lowest BCUT2D eigenvalue weighted by Gasteiger charge is -2.19. The average molecular weight is 318 g/mol. The second-order valence-corrected chi connectivity index (χ2v) is 7.39. The Morgan fingerprint density at radius 2 is 2.05 bits per heavy atom. The van der Waals surface area contributed by atoms with Crippen molar-refractivity contribution in [2.24, 2.45) is 0 Å². The van der Waals surface area contributed by atoms with Gasteiger partial charge in [0, 0.05) is 19.6 Å². The summed E-state index contributed by atoms with van der Waals surface area (Å²) in [5.74, 6) is 0. The molecule has 1 saturated carbocycles. The van der Waals surface area contributed by atoms with Gasteiger partial charge in [-0.15, -0.1) is 0 Å². The number of hydrogen-bond donors (Lipinski definition) is 1. The van der Waals surface area contributed by atoms with Crippen LogP contribution in [0.25, 0.3) is 0 Å². The number of nitrogens with zero attached hydrogens (tertiary/aromatic N) is 1. The Bertz CT molecular complexity index is 601. The molecule has 0 amide bonds. The van der Waals surface area contributed by atoms with Gasteiger partial charge in [-0.05, 0) is 37.0 Å². The lowest BCUT2D eigenvalue weighted by Crippen LogP contribution is -2.32. The van der Waals surface area contributed by atoms with E-state index in [0.29, 0.717) is 22.5 Å². The second-order valence-electron chi connectivity index (χ2n) is 5.37. The molecule has 0 atom stereocenters. The fourth-order valence-electron chi connectivity index (χ4n) is 2.13. The van der Waals surface area contributed by atoms with Gasteiger partial charge in [0.2, 0.25) is 10.0 Å². The largest absolute Gasteiger partial charge is 0.310 e. The van der Waals surface area contributed by atoms with E-state index in [-0.39, 0.29) is 4.90 Å². The lowest BCUT2D eigenvalue weighted by atomic mass is 10.1. The van der Waals surface area contributed by atoms with Crippen LogP contribution in [0.15, 0.2) is 23.1 Å². The van der Waals surface area contributed by atoms with Gasteiger partial charge in [-0.25, -0.2) is 17.2 Å². The number of halogens is 2. The summed E-state index contributed by atoms with van der Waals surface area (Å²) in [5, 5.41) is 3.33. The van der Waals surface area contributed by atoms with Crippen LogP contribution in [0, 0.1) is 6.92 Å². The first-order chi connectivity index (χ1) is 9.82. The Morgan fingerprint density at radius 1 is 1.38 bits per heavy atom. The van der Waals surface area contributed by atoms with Crippen molar-refractivity contribution >= 4 is 10.0 Å². The van der Waals surface area contributed by atoms with Crippen molar-refractivity contribution < 1.29 is 17.2 Å². The van der Waals surface area contributed by atoms with Crippen LogP contribution in [-0.4, -0.2) is 38.8 Å². The van der Waals surface area contributed by atoms with Gasteiger partial charge >= 0.3 is 0 Å². The van der Waals surface area contributed by atoms with Crippen LogP contribution in [0.4, 0.5) is 8.78 Å². The highest BCUT2D eigenvalue weighted by Crippen LogP contribution is 2.24. The van der Waals surface area contributed by atoms with Crippen molar-refractivity contribution in [2.45, 2.75) is 43.7 Å². The van der Waals surface area contributed by atoms with E-state index >= 15 is 0 Å². The van der Waals surface area contributed by atoms with Gasteiger partial charge in [-0.2, -0.15) is 4.31 Å². The van der Waals surface area contributed by atoms with Crippen molar-refractivity contribution in [2.75, 3.05) is 13.6 Å². The standard InChI is InChI=1S/C14H20F2N2O2S/c1-10-11(8-17-12-6-7-12)4-3-5-13(10)21(19,20)18(2)9-14(15)16/h3-5,12,14,17H,6-9H2,1-2H3. The first-order valence-electron chi connectivity index (χ1n) is 6.88. The second kappa shape index (κ2) is 6.37. The summed E-state index contributed by atoms with van der Waals surface area (Å²) >= 11 is 0. The van der Waals surface area contributed by atoms with Crippen molar-refractivity contribution in [1.82, 2.24) is 9.62 Å². The lowest BCUT2D eigenvalue weighted by molar-refractivity contribution is 0.126. The van der Waals surface area contributed by atoms with Crippen LogP contribution in [0.3, 0.4) is 0 Å². The van der Waals surface area contributed by atoms with Crippen molar-refractivity contribution in [3.63, 3.8) is 0 Å². The maximum atomic E-state index is 12.4. The maximum Gasteiger partial charge on any atom is 0.252 e. The molecule has 0 radical (unpaired) electrons. The minimum atomic E-state index is -3.88. The normalized spacial score (nSPS) is 15.9. The summed E-state index contributed by atoms with van der Waals surface area (Å²) in [6, 6.07) is 5.50. The molecule has 1 aromatic rings. The van der Waals surface area contributed by atoms with Crippen molar-refractivity contribution in [3.05, 3.63) is 29.3 Å². The summed E-state index contributed by atoms with van der Waals surface area (Å²) in [6.07, 6.45) is -0.396. The van der Waals surface area contributed by atoms with Crippen LogP contribution in [-0.2, 0) is 16.6 Å². The topological polar surface area (TPSA) is 49.4 Å². The van der Waals surface area contributed by atoms with E-state index in [9.17, 15) is 17.2 Å². The fourth-order valence-corrected chi connectivity index (χ4v) is 3.55. The number of alkyl halides is 2. The molecule has 0 saturated heterocycles. The zero-order valence-electron chi connectivity index (χ0n) is 12.1. The Labute approximate surface area is 124 Å². The molecule has 0 aliphatic heterocycles. The summed E-state index contributed by atoms with van der Waals surface area (Å²) < 4.78 is 50.3. The van der Waals surface area contributed by atoms with Crippen LogP contribution in [0.2, 0.25) is 0 Å². The average Bonchev–Trinajstić information content (AvgIpc) is 3.20. The van der Waals surface area contributed by atoms with Crippen LogP contribution < -0.4 is 5.32 Å². The molecule has 1 aromatic carbocycles. The van der Waals surface area contributed by atoms with Gasteiger partial charge in [0.05, 0.1) is 11.4 Å². The first kappa shape index (κ1) is 16.3. The van der Waals surface area contributed by atoms with E-state index in [1.807, 2.05) is 6.07 Å². The molecule has 118 valence electrons. The predicted molar refractivity (Wildman–Crippen MR) is 76.9 cm³/mol. The molecule has 1 N–H and O–H groups in total. The molecule has 0 bridgehead atoms. The zero-order valence-corrected chi connectivity index (χ0v) is 13.0. The molecule has 1 fully saturated rings. The molecule has 0 unspecified atom stereocenters. The van der Waals surface area contributed by atoms with E-state index in [1.165, 1.54) is 13.1 Å². The Kier molecular flexibility index (Phi) is 4.95. The summed E-state index contributed by atoms with van der Waals surface area (Å²) in [7, 11) is -2.71. The van der Waals surface area contributed by atoms with Gasteiger partial charge < -0.3 is 5.32 Å². The van der Waals surface area contributed by atoms with Gasteiger partial charge in [-0.3, -0.25) is 0 Å². The van der Waals surface area contributed by atoms with Crippen LogP contribution in [0.1, 0.15) is 24.0 Å². The van der Waals surface area contributed by atoms with E-state index in [0.717, 1.165) is 18.4 Å². The zero-order chi connectivity index (χ0) is 15.6. The number of nitrogens with one attached hydrogen (secondary N) is 1. The van der Waals surface area contributed by atoms with Crippen LogP contribution >= 0.6 is 0 Å². The third-order valence-electron chi connectivity index (χ3n) is 3.64. The number of sulfonamides is 1. The predicted octanol–water partition coefficient (Wildman–Crippen LogP) is 2.13. The fraction of sp³-hybridized carbons (Fsp3) is 0.571. The SMILES string of the molecule is Cc1c(CNC2CC2)cccc1S(=O)(=O)N(C)CC(F)F. The molecule has 7 heteroatoms. The van der Waals surface area contributed by atoms with Gasteiger partial charge in [0.1, 0.15) is 0 Å². The smallest absolute Gasteiger partial charge is 0.252 e. The van der Waals surface area contributed by atoms with Crippen molar-refractivity contribution in [1.29, 1.82) is 0 Å². The first-order valence-corrected chi connectivity index (χ1v) is 8.32. The molecule has 21 heavy (non-hydrogen) atoms. The summed E-state index contributed by atoms with van der Waals surface area (Å²) in [5.41, 5.74) is 1.50. The van der Waals surface area contributed by atoms with Crippen molar-refractivity contribution in [3.8, 4) is 0 Å². The van der Waals surface area contributed by atoms with E-state index in [4.69, 9.17) is 0 Å². The molecule has 4 nitrogen and oxygen atoms in total. The minimum absolute atomic E-state index is 0.0979. The number of hydrogen-bond acceptors (Lipinski definition) is 3. The third kappa shape index (κ3) is 3.99. The highest BCUT2D eigenvalue weighted by Gasteiger charge is 2.26. The monoisotopic (exact) mass is 318 g/mol. The molecular formula is C14H20F2N2O2S.